The largest absolute Gasteiger partial charge is 0.352 e. The number of hydrogen-bond donors (Lipinski definition) is 3. The molecular weight excluding hydrogens is 342 g/mol. The van der Waals surface area contributed by atoms with Gasteiger partial charge in [0.15, 0.2) is 0 Å². The normalized spacial score (nSPS) is 18.3. The highest BCUT2D eigenvalue weighted by Gasteiger charge is 2.22. The quantitative estimate of drug-likeness (QED) is 0.684. The number of nitrogens with one attached hydrogen (secondary N) is 3. The van der Waals surface area contributed by atoms with E-state index in [4.69, 9.17) is 0 Å². The molecule has 1 aromatic carbocycles. The van der Waals surface area contributed by atoms with Gasteiger partial charge in [-0.05, 0) is 36.6 Å². The zero-order valence-electron chi connectivity index (χ0n) is 14.0. The summed E-state index contributed by atoms with van der Waals surface area (Å²) in [4.78, 5) is 23.5. The third-order valence-corrected chi connectivity index (χ3v) is 6.05. The third-order valence-electron chi connectivity index (χ3n) is 4.66. The SMILES string of the molecule is O=C1Cc2cc(S(=O)(=O)NCC(=O)NC3CCCCCC3)ccc2N1. The smallest absolute Gasteiger partial charge is 0.241 e. The molecule has 0 spiro atoms. The first-order valence-corrected chi connectivity index (χ1v) is 10.1. The lowest BCUT2D eigenvalue weighted by Gasteiger charge is -2.16. The fourth-order valence-electron chi connectivity index (χ4n) is 3.32. The first kappa shape index (κ1) is 17.9. The zero-order valence-corrected chi connectivity index (χ0v) is 14.8. The Labute approximate surface area is 147 Å². The van der Waals surface area contributed by atoms with Crippen LogP contribution in [0.15, 0.2) is 23.1 Å². The molecule has 0 aromatic heterocycles. The predicted octanol–water partition coefficient (Wildman–Crippen LogP) is 1.30. The van der Waals surface area contributed by atoms with Crippen molar-refractivity contribution in [1.82, 2.24) is 10.0 Å². The maximum absolute atomic E-state index is 12.4. The van der Waals surface area contributed by atoms with Gasteiger partial charge in [0.05, 0.1) is 17.9 Å². The van der Waals surface area contributed by atoms with Crippen molar-refractivity contribution in [3.63, 3.8) is 0 Å². The second-order valence-electron chi connectivity index (χ2n) is 6.62. The standard InChI is InChI=1S/C17H23N3O4S/c21-16-10-12-9-14(7-8-15(12)20-16)25(23,24)18-11-17(22)19-13-5-3-1-2-4-6-13/h7-9,13,18H,1-6,10-11H2,(H,19,22)(H,20,21). The molecule has 0 saturated heterocycles. The van der Waals surface area contributed by atoms with E-state index < -0.39 is 10.0 Å². The lowest BCUT2D eigenvalue weighted by atomic mass is 10.1. The van der Waals surface area contributed by atoms with E-state index in [0.717, 1.165) is 25.7 Å². The Morgan fingerprint density at radius 1 is 1.16 bits per heavy atom. The summed E-state index contributed by atoms with van der Waals surface area (Å²) in [5.74, 6) is -0.464. The van der Waals surface area contributed by atoms with Crippen LogP contribution >= 0.6 is 0 Å². The fraction of sp³-hybridized carbons (Fsp3) is 0.529. The van der Waals surface area contributed by atoms with Gasteiger partial charge in [-0.1, -0.05) is 25.7 Å². The Bertz CT molecular complexity index is 768. The Kier molecular flexibility index (Phi) is 5.39. The van der Waals surface area contributed by atoms with E-state index in [0.29, 0.717) is 11.3 Å². The van der Waals surface area contributed by atoms with Crippen LogP contribution in [-0.4, -0.2) is 32.8 Å². The molecule has 1 fully saturated rings. The van der Waals surface area contributed by atoms with Gasteiger partial charge in [-0.3, -0.25) is 9.59 Å². The fourth-order valence-corrected chi connectivity index (χ4v) is 4.35. The molecule has 3 rings (SSSR count). The lowest BCUT2D eigenvalue weighted by molar-refractivity contribution is -0.120. The second-order valence-corrected chi connectivity index (χ2v) is 8.39. The molecular formula is C17H23N3O4S. The summed E-state index contributed by atoms with van der Waals surface area (Å²) in [6.07, 6.45) is 6.63. The second kappa shape index (κ2) is 7.53. The number of rotatable bonds is 5. The van der Waals surface area contributed by atoms with Crippen molar-refractivity contribution < 1.29 is 18.0 Å². The van der Waals surface area contributed by atoms with Gasteiger partial charge in [0.2, 0.25) is 21.8 Å². The van der Waals surface area contributed by atoms with Crippen molar-refractivity contribution in [2.24, 2.45) is 0 Å². The monoisotopic (exact) mass is 365 g/mol. The minimum Gasteiger partial charge on any atom is -0.352 e. The van der Waals surface area contributed by atoms with Crippen molar-refractivity contribution in [2.75, 3.05) is 11.9 Å². The Morgan fingerprint density at radius 2 is 1.88 bits per heavy atom. The van der Waals surface area contributed by atoms with Crippen molar-refractivity contribution in [2.45, 2.75) is 55.9 Å². The summed E-state index contributed by atoms with van der Waals surface area (Å²) in [6.45, 7) is -0.285. The van der Waals surface area contributed by atoms with E-state index in [1.807, 2.05) is 0 Å². The molecule has 3 N–H and O–H groups in total. The van der Waals surface area contributed by atoms with Crippen molar-refractivity contribution in [3.8, 4) is 0 Å². The van der Waals surface area contributed by atoms with Crippen LogP contribution in [-0.2, 0) is 26.0 Å². The Hall–Kier alpha value is -1.93. The average Bonchev–Trinajstić information content (AvgIpc) is 2.76. The predicted molar refractivity (Wildman–Crippen MR) is 93.6 cm³/mol. The van der Waals surface area contributed by atoms with Gasteiger partial charge in [-0.25, -0.2) is 13.1 Å². The van der Waals surface area contributed by atoms with E-state index in [1.54, 1.807) is 6.07 Å². The van der Waals surface area contributed by atoms with E-state index in [2.05, 4.69) is 15.4 Å². The van der Waals surface area contributed by atoms with Crippen LogP contribution in [0.4, 0.5) is 5.69 Å². The van der Waals surface area contributed by atoms with E-state index in [9.17, 15) is 18.0 Å². The van der Waals surface area contributed by atoms with Gasteiger partial charge in [-0.2, -0.15) is 0 Å². The van der Waals surface area contributed by atoms with Gasteiger partial charge in [0.25, 0.3) is 0 Å². The number of benzene rings is 1. The lowest BCUT2D eigenvalue weighted by Crippen LogP contribution is -2.41. The van der Waals surface area contributed by atoms with Gasteiger partial charge in [0, 0.05) is 11.7 Å². The summed E-state index contributed by atoms with van der Waals surface area (Å²) >= 11 is 0. The topological polar surface area (TPSA) is 104 Å². The van der Waals surface area contributed by atoms with Crippen LogP contribution in [0.1, 0.15) is 44.1 Å². The number of amides is 2. The Morgan fingerprint density at radius 3 is 2.60 bits per heavy atom. The number of carbonyl (C=O) groups is 2. The molecule has 25 heavy (non-hydrogen) atoms. The third kappa shape index (κ3) is 4.58. The molecule has 136 valence electrons. The summed E-state index contributed by atoms with van der Waals surface area (Å²) in [5.41, 5.74) is 1.28. The number of fused-ring (bicyclic) bond motifs is 1. The molecule has 0 bridgehead atoms. The number of hydrogen-bond acceptors (Lipinski definition) is 4. The minimum absolute atomic E-state index is 0.0602. The highest BCUT2D eigenvalue weighted by Crippen LogP contribution is 2.25. The number of carbonyl (C=O) groups excluding carboxylic acids is 2. The first-order valence-electron chi connectivity index (χ1n) is 8.66. The average molecular weight is 365 g/mol. The minimum atomic E-state index is -3.79. The summed E-state index contributed by atoms with van der Waals surface area (Å²) in [7, 11) is -3.79. The van der Waals surface area contributed by atoms with Crippen molar-refractivity contribution >= 4 is 27.5 Å². The molecule has 1 aliphatic carbocycles. The molecule has 0 atom stereocenters. The highest BCUT2D eigenvalue weighted by molar-refractivity contribution is 7.89. The summed E-state index contributed by atoms with van der Waals surface area (Å²) in [6, 6.07) is 4.60. The molecule has 8 heteroatoms. The molecule has 0 unspecified atom stereocenters. The number of anilines is 1. The maximum atomic E-state index is 12.4. The Balaban J connectivity index is 1.57. The first-order chi connectivity index (χ1) is 11.9. The van der Waals surface area contributed by atoms with Gasteiger partial charge in [0.1, 0.15) is 0 Å². The van der Waals surface area contributed by atoms with Crippen molar-refractivity contribution in [3.05, 3.63) is 23.8 Å². The highest BCUT2D eigenvalue weighted by atomic mass is 32.2. The van der Waals surface area contributed by atoms with Crippen molar-refractivity contribution in [1.29, 1.82) is 0 Å². The molecule has 1 heterocycles. The van der Waals surface area contributed by atoms with Crippen LogP contribution in [0.5, 0.6) is 0 Å². The van der Waals surface area contributed by atoms with Crippen LogP contribution in [0, 0.1) is 0 Å². The van der Waals surface area contributed by atoms with Gasteiger partial charge < -0.3 is 10.6 Å². The molecule has 2 aliphatic rings. The molecule has 1 aliphatic heterocycles. The molecule has 1 aromatic rings. The maximum Gasteiger partial charge on any atom is 0.241 e. The summed E-state index contributed by atoms with van der Waals surface area (Å²) in [5, 5.41) is 5.57. The molecule has 2 amide bonds. The molecule has 7 nitrogen and oxygen atoms in total. The van der Waals surface area contributed by atoms with E-state index >= 15 is 0 Å². The van der Waals surface area contributed by atoms with E-state index in [1.165, 1.54) is 25.0 Å². The van der Waals surface area contributed by atoms with Crippen LogP contribution < -0.4 is 15.4 Å². The summed E-state index contributed by atoms with van der Waals surface area (Å²) < 4.78 is 27.1. The molecule has 0 radical (unpaired) electrons. The van der Waals surface area contributed by atoms with Gasteiger partial charge >= 0.3 is 0 Å². The zero-order chi connectivity index (χ0) is 17.9. The molecule has 1 saturated carbocycles. The van der Waals surface area contributed by atoms with Gasteiger partial charge in [-0.15, -0.1) is 0 Å². The number of sulfonamides is 1. The van der Waals surface area contributed by atoms with Crippen LogP contribution in [0.2, 0.25) is 0 Å². The van der Waals surface area contributed by atoms with Crippen LogP contribution in [0.25, 0.3) is 0 Å². The van der Waals surface area contributed by atoms with Crippen LogP contribution in [0.3, 0.4) is 0 Å². The van der Waals surface area contributed by atoms with E-state index in [-0.39, 0.29) is 35.7 Å².